The maximum atomic E-state index is 4.83. The summed E-state index contributed by atoms with van der Waals surface area (Å²) in [4.78, 5) is 11.9. The molecule has 1 aliphatic heterocycles. The zero-order chi connectivity index (χ0) is 15.2. The van der Waals surface area contributed by atoms with Crippen molar-refractivity contribution in [1.29, 1.82) is 0 Å². The summed E-state index contributed by atoms with van der Waals surface area (Å²) in [5, 5.41) is 3.49. The smallest absolute Gasteiger partial charge is 0.131 e. The SMILES string of the molecule is CCCNCc1nc(C(C)C)ncc1N1CCSCC1C. The number of rotatable bonds is 6. The average Bonchev–Trinajstić information content (AvgIpc) is 2.48. The Morgan fingerprint density at radius 1 is 1.48 bits per heavy atom. The number of hydrogen-bond acceptors (Lipinski definition) is 5. The highest BCUT2D eigenvalue weighted by Gasteiger charge is 2.22. The molecule has 0 aliphatic carbocycles. The van der Waals surface area contributed by atoms with Crippen LogP contribution >= 0.6 is 11.8 Å². The monoisotopic (exact) mass is 308 g/mol. The van der Waals surface area contributed by atoms with Gasteiger partial charge in [-0.1, -0.05) is 20.8 Å². The molecule has 4 nitrogen and oxygen atoms in total. The summed E-state index contributed by atoms with van der Waals surface area (Å²) in [6.45, 7) is 11.8. The lowest BCUT2D eigenvalue weighted by Gasteiger charge is -2.35. The van der Waals surface area contributed by atoms with E-state index >= 15 is 0 Å². The van der Waals surface area contributed by atoms with E-state index in [0.29, 0.717) is 12.0 Å². The molecule has 0 aromatic carbocycles. The van der Waals surface area contributed by atoms with Crippen LogP contribution in [-0.2, 0) is 6.54 Å². The van der Waals surface area contributed by atoms with Crippen LogP contribution in [0.25, 0.3) is 0 Å². The molecular formula is C16H28N4S. The largest absolute Gasteiger partial charge is 0.364 e. The maximum absolute atomic E-state index is 4.83. The van der Waals surface area contributed by atoms with Crippen molar-refractivity contribution in [3.05, 3.63) is 17.7 Å². The van der Waals surface area contributed by atoms with Crippen molar-refractivity contribution in [1.82, 2.24) is 15.3 Å². The van der Waals surface area contributed by atoms with E-state index < -0.39 is 0 Å². The molecule has 0 bridgehead atoms. The molecule has 0 amide bonds. The van der Waals surface area contributed by atoms with Gasteiger partial charge in [-0.3, -0.25) is 0 Å². The van der Waals surface area contributed by atoms with Crippen molar-refractivity contribution in [3.63, 3.8) is 0 Å². The molecule has 0 radical (unpaired) electrons. The van der Waals surface area contributed by atoms with Crippen LogP contribution in [0.1, 0.15) is 51.6 Å². The van der Waals surface area contributed by atoms with Crippen molar-refractivity contribution in [3.8, 4) is 0 Å². The van der Waals surface area contributed by atoms with Crippen LogP contribution in [0.3, 0.4) is 0 Å². The van der Waals surface area contributed by atoms with Crippen LogP contribution in [0, 0.1) is 0 Å². The fourth-order valence-corrected chi connectivity index (χ4v) is 3.56. The van der Waals surface area contributed by atoms with Gasteiger partial charge in [0.15, 0.2) is 0 Å². The molecule has 1 aromatic rings. The van der Waals surface area contributed by atoms with Gasteiger partial charge in [0.2, 0.25) is 0 Å². The lowest BCUT2D eigenvalue weighted by Crippen LogP contribution is -2.41. The molecule has 1 aromatic heterocycles. The van der Waals surface area contributed by atoms with Gasteiger partial charge in [-0.05, 0) is 19.9 Å². The lowest BCUT2D eigenvalue weighted by atomic mass is 10.2. The molecule has 1 unspecified atom stereocenters. The quantitative estimate of drug-likeness (QED) is 0.818. The predicted octanol–water partition coefficient (Wildman–Crippen LogP) is 3.04. The highest BCUT2D eigenvalue weighted by molar-refractivity contribution is 7.99. The highest BCUT2D eigenvalue weighted by Crippen LogP contribution is 2.26. The standard InChI is InChI=1S/C16H28N4S/c1-5-6-17-9-14-15(10-18-16(19-14)12(2)3)20-7-8-21-11-13(20)4/h10,12-13,17H,5-9,11H2,1-4H3. The van der Waals surface area contributed by atoms with Crippen LogP contribution in [0.2, 0.25) is 0 Å². The summed E-state index contributed by atoms with van der Waals surface area (Å²) in [5.41, 5.74) is 2.37. The van der Waals surface area contributed by atoms with Crippen LogP contribution in [0.5, 0.6) is 0 Å². The molecule has 1 N–H and O–H groups in total. The third kappa shape index (κ3) is 4.33. The van der Waals surface area contributed by atoms with E-state index in [2.05, 4.69) is 42.9 Å². The van der Waals surface area contributed by atoms with Gasteiger partial charge in [-0.15, -0.1) is 0 Å². The normalized spacial score (nSPS) is 19.3. The number of nitrogens with one attached hydrogen (secondary N) is 1. The summed E-state index contributed by atoms with van der Waals surface area (Å²) in [6.07, 6.45) is 3.19. The Kier molecular flexibility index (Phi) is 6.30. The number of hydrogen-bond donors (Lipinski definition) is 1. The maximum Gasteiger partial charge on any atom is 0.131 e. The Morgan fingerprint density at radius 3 is 2.95 bits per heavy atom. The Morgan fingerprint density at radius 2 is 2.29 bits per heavy atom. The molecule has 1 fully saturated rings. The second-order valence-electron chi connectivity index (χ2n) is 6.01. The Labute approximate surface area is 133 Å². The van der Waals surface area contributed by atoms with Gasteiger partial charge in [0.25, 0.3) is 0 Å². The first-order valence-corrected chi connectivity index (χ1v) is 9.19. The zero-order valence-electron chi connectivity index (χ0n) is 13.7. The Hall–Kier alpha value is -0.810. The summed E-state index contributed by atoms with van der Waals surface area (Å²) >= 11 is 2.04. The summed E-state index contributed by atoms with van der Waals surface area (Å²) in [7, 11) is 0. The molecule has 21 heavy (non-hydrogen) atoms. The minimum absolute atomic E-state index is 0.373. The summed E-state index contributed by atoms with van der Waals surface area (Å²) in [5.74, 6) is 3.70. The third-order valence-corrected chi connectivity index (χ3v) is 4.97. The van der Waals surface area contributed by atoms with Gasteiger partial charge in [0.05, 0.1) is 17.6 Å². The molecule has 1 aliphatic rings. The molecule has 1 saturated heterocycles. The Balaban J connectivity index is 2.24. The van der Waals surface area contributed by atoms with Crippen molar-refractivity contribution < 1.29 is 0 Å². The fourth-order valence-electron chi connectivity index (χ4n) is 2.54. The summed E-state index contributed by atoms with van der Waals surface area (Å²) in [6, 6.07) is 0.558. The minimum atomic E-state index is 0.373. The van der Waals surface area contributed by atoms with Gasteiger partial charge in [0.1, 0.15) is 5.82 Å². The van der Waals surface area contributed by atoms with Gasteiger partial charge in [-0.25, -0.2) is 9.97 Å². The van der Waals surface area contributed by atoms with E-state index in [1.54, 1.807) is 0 Å². The minimum Gasteiger partial charge on any atom is -0.364 e. The summed E-state index contributed by atoms with van der Waals surface area (Å²) < 4.78 is 0. The fraction of sp³-hybridized carbons (Fsp3) is 0.750. The van der Waals surface area contributed by atoms with E-state index in [1.165, 1.54) is 17.2 Å². The van der Waals surface area contributed by atoms with E-state index in [0.717, 1.165) is 37.6 Å². The van der Waals surface area contributed by atoms with Gasteiger partial charge >= 0.3 is 0 Å². The van der Waals surface area contributed by atoms with E-state index in [4.69, 9.17) is 4.98 Å². The lowest BCUT2D eigenvalue weighted by molar-refractivity contribution is 0.636. The van der Waals surface area contributed by atoms with Crippen LogP contribution in [-0.4, -0.2) is 40.6 Å². The van der Waals surface area contributed by atoms with Gasteiger partial charge < -0.3 is 10.2 Å². The third-order valence-electron chi connectivity index (χ3n) is 3.78. The van der Waals surface area contributed by atoms with Crippen LogP contribution < -0.4 is 10.2 Å². The molecular weight excluding hydrogens is 280 g/mol. The van der Waals surface area contributed by atoms with Crippen molar-refractivity contribution in [2.45, 2.75) is 52.6 Å². The van der Waals surface area contributed by atoms with E-state index in [9.17, 15) is 0 Å². The number of anilines is 1. The first-order chi connectivity index (χ1) is 10.1. The molecule has 2 heterocycles. The molecule has 5 heteroatoms. The molecule has 0 saturated carbocycles. The first-order valence-electron chi connectivity index (χ1n) is 8.04. The van der Waals surface area contributed by atoms with E-state index in [-0.39, 0.29) is 0 Å². The van der Waals surface area contributed by atoms with Crippen molar-refractivity contribution >= 4 is 17.4 Å². The number of thioether (sulfide) groups is 1. The highest BCUT2D eigenvalue weighted by atomic mass is 32.2. The average molecular weight is 308 g/mol. The van der Waals surface area contributed by atoms with Crippen molar-refractivity contribution in [2.75, 3.05) is 29.5 Å². The number of nitrogens with zero attached hydrogens (tertiary/aromatic N) is 3. The second kappa shape index (κ2) is 7.99. The number of aromatic nitrogens is 2. The molecule has 118 valence electrons. The van der Waals surface area contributed by atoms with Gasteiger partial charge in [0, 0.05) is 36.6 Å². The van der Waals surface area contributed by atoms with Crippen molar-refractivity contribution in [2.24, 2.45) is 0 Å². The van der Waals surface area contributed by atoms with Gasteiger partial charge in [-0.2, -0.15) is 11.8 Å². The molecule has 1 atom stereocenters. The molecule has 2 rings (SSSR count). The van der Waals surface area contributed by atoms with Crippen LogP contribution in [0.4, 0.5) is 5.69 Å². The van der Waals surface area contributed by atoms with Crippen LogP contribution in [0.15, 0.2) is 6.20 Å². The zero-order valence-corrected chi connectivity index (χ0v) is 14.5. The first kappa shape index (κ1) is 16.6. The van der Waals surface area contributed by atoms with E-state index in [1.807, 2.05) is 18.0 Å². The second-order valence-corrected chi connectivity index (χ2v) is 7.16. The molecule has 0 spiro atoms. The Bertz CT molecular complexity index is 450. The topological polar surface area (TPSA) is 41.1 Å². The predicted molar refractivity (Wildman–Crippen MR) is 92.3 cm³/mol.